The number of hydrogen-bond donors (Lipinski definition) is 2. The fraction of sp³-hybridized carbons (Fsp3) is 0.292. The molecule has 0 unspecified atom stereocenters. The van der Waals surface area contributed by atoms with Crippen LogP contribution in [0.4, 0.5) is 11.6 Å². The largest absolute Gasteiger partial charge is 0.354 e. The fourth-order valence-electron chi connectivity index (χ4n) is 2.93. The van der Waals surface area contributed by atoms with Crippen LogP contribution in [0.1, 0.15) is 48.7 Å². The van der Waals surface area contributed by atoms with E-state index in [0.717, 1.165) is 25.1 Å². The molecule has 0 aliphatic rings. The van der Waals surface area contributed by atoms with Crippen molar-refractivity contribution < 1.29 is 4.79 Å². The lowest BCUT2D eigenvalue weighted by molar-refractivity contribution is 0.102. The van der Waals surface area contributed by atoms with Crippen molar-refractivity contribution in [3.63, 3.8) is 0 Å². The van der Waals surface area contributed by atoms with Gasteiger partial charge in [-0.25, -0.2) is 9.97 Å². The zero-order chi connectivity index (χ0) is 20.7. The summed E-state index contributed by atoms with van der Waals surface area (Å²) < 4.78 is 0. The summed E-state index contributed by atoms with van der Waals surface area (Å²) in [5, 5.41) is 6.08. The zero-order valence-electron chi connectivity index (χ0n) is 17.3. The van der Waals surface area contributed by atoms with E-state index in [0.29, 0.717) is 11.5 Å². The number of amides is 1. The van der Waals surface area contributed by atoms with E-state index in [-0.39, 0.29) is 11.3 Å². The van der Waals surface area contributed by atoms with Gasteiger partial charge in [0.25, 0.3) is 5.91 Å². The van der Waals surface area contributed by atoms with Gasteiger partial charge in [-0.05, 0) is 41.5 Å². The van der Waals surface area contributed by atoms with Crippen LogP contribution >= 0.6 is 0 Å². The van der Waals surface area contributed by atoms with Crippen molar-refractivity contribution in [3.8, 4) is 0 Å². The first kappa shape index (κ1) is 20.5. The molecule has 5 nitrogen and oxygen atoms in total. The maximum atomic E-state index is 12.4. The molecule has 0 radical (unpaired) electrons. The quantitative estimate of drug-likeness (QED) is 0.555. The number of aromatic nitrogens is 2. The van der Waals surface area contributed by atoms with Crippen molar-refractivity contribution in [1.82, 2.24) is 9.97 Å². The second-order valence-corrected chi connectivity index (χ2v) is 8.09. The van der Waals surface area contributed by atoms with Crippen LogP contribution in [-0.4, -0.2) is 22.4 Å². The van der Waals surface area contributed by atoms with Gasteiger partial charge in [0.1, 0.15) is 0 Å². The van der Waals surface area contributed by atoms with Gasteiger partial charge < -0.3 is 10.6 Å². The van der Waals surface area contributed by atoms with Crippen LogP contribution in [0.2, 0.25) is 0 Å². The van der Waals surface area contributed by atoms with Gasteiger partial charge in [0.2, 0.25) is 5.95 Å². The van der Waals surface area contributed by atoms with Gasteiger partial charge in [0, 0.05) is 24.6 Å². The highest BCUT2D eigenvalue weighted by Crippen LogP contribution is 2.23. The lowest BCUT2D eigenvalue weighted by Gasteiger charge is -2.19. The Labute approximate surface area is 172 Å². The molecule has 5 heteroatoms. The maximum Gasteiger partial charge on any atom is 0.258 e. The monoisotopic (exact) mass is 388 g/mol. The Morgan fingerprint density at radius 1 is 0.931 bits per heavy atom. The van der Waals surface area contributed by atoms with E-state index in [1.807, 2.05) is 30.3 Å². The summed E-state index contributed by atoms with van der Waals surface area (Å²) in [7, 11) is 0. The summed E-state index contributed by atoms with van der Waals surface area (Å²) in [6, 6.07) is 18.3. The normalized spacial score (nSPS) is 11.1. The van der Waals surface area contributed by atoms with Gasteiger partial charge in [0.15, 0.2) is 0 Å². The number of anilines is 2. The van der Waals surface area contributed by atoms with Crippen LogP contribution in [0.25, 0.3) is 0 Å². The minimum atomic E-state index is -0.218. The zero-order valence-corrected chi connectivity index (χ0v) is 17.3. The van der Waals surface area contributed by atoms with Crippen LogP contribution in [0.3, 0.4) is 0 Å². The van der Waals surface area contributed by atoms with Crippen molar-refractivity contribution in [2.75, 3.05) is 17.2 Å². The molecule has 0 saturated heterocycles. The summed E-state index contributed by atoms with van der Waals surface area (Å²) in [4.78, 5) is 20.9. The third-order valence-corrected chi connectivity index (χ3v) is 4.69. The van der Waals surface area contributed by atoms with E-state index >= 15 is 0 Å². The van der Waals surface area contributed by atoms with Gasteiger partial charge >= 0.3 is 0 Å². The van der Waals surface area contributed by atoms with Gasteiger partial charge in [-0.3, -0.25) is 4.79 Å². The molecular formula is C24H28N4O. The molecule has 0 bridgehead atoms. The van der Waals surface area contributed by atoms with Crippen molar-refractivity contribution in [3.05, 3.63) is 83.7 Å². The average Bonchev–Trinajstić information content (AvgIpc) is 2.72. The molecule has 0 fully saturated rings. The molecule has 1 heterocycles. The van der Waals surface area contributed by atoms with E-state index in [2.05, 4.69) is 65.6 Å². The van der Waals surface area contributed by atoms with E-state index in [1.54, 1.807) is 12.4 Å². The lowest BCUT2D eigenvalue weighted by Crippen LogP contribution is -2.14. The van der Waals surface area contributed by atoms with Crippen molar-refractivity contribution in [2.24, 2.45) is 0 Å². The number of carbonyl (C=O) groups excluding carboxylic acids is 1. The van der Waals surface area contributed by atoms with Crippen LogP contribution in [0.15, 0.2) is 67.0 Å². The predicted octanol–water partition coefficient (Wildman–Crippen LogP) is 5.07. The number of rotatable bonds is 7. The summed E-state index contributed by atoms with van der Waals surface area (Å²) in [6.45, 7) is 7.26. The lowest BCUT2D eigenvalue weighted by atomic mass is 9.87. The molecule has 150 valence electrons. The Morgan fingerprint density at radius 3 is 2.21 bits per heavy atom. The summed E-state index contributed by atoms with van der Waals surface area (Å²) >= 11 is 0. The third kappa shape index (κ3) is 6.14. The van der Waals surface area contributed by atoms with Crippen LogP contribution < -0.4 is 10.6 Å². The first-order chi connectivity index (χ1) is 13.9. The second-order valence-electron chi connectivity index (χ2n) is 8.09. The molecule has 2 N–H and O–H groups in total. The minimum Gasteiger partial charge on any atom is -0.354 e. The molecule has 1 aromatic heterocycles. The third-order valence-electron chi connectivity index (χ3n) is 4.69. The Morgan fingerprint density at radius 2 is 1.59 bits per heavy atom. The molecule has 0 aliphatic heterocycles. The number of carbonyl (C=O) groups is 1. The average molecular weight is 389 g/mol. The molecule has 0 spiro atoms. The molecular weight excluding hydrogens is 360 g/mol. The molecule has 29 heavy (non-hydrogen) atoms. The summed E-state index contributed by atoms with van der Waals surface area (Å²) in [5.41, 5.74) is 3.81. The molecule has 3 aromatic rings. The van der Waals surface area contributed by atoms with Crippen molar-refractivity contribution in [1.29, 1.82) is 0 Å². The van der Waals surface area contributed by atoms with E-state index in [1.165, 1.54) is 11.1 Å². The molecule has 2 aromatic carbocycles. The number of nitrogens with one attached hydrogen (secondary N) is 2. The van der Waals surface area contributed by atoms with E-state index < -0.39 is 0 Å². The molecule has 3 rings (SSSR count). The molecule has 0 atom stereocenters. The number of hydrogen-bond acceptors (Lipinski definition) is 4. The molecule has 0 saturated carbocycles. The predicted molar refractivity (Wildman–Crippen MR) is 118 cm³/mol. The standard InChI is InChI=1S/C24H28N4O/c1-24(2,3)20-11-13-21(14-12-20)28-22(29)19-16-26-23(27-17-19)25-15-7-10-18-8-5-4-6-9-18/h4-6,8-9,11-14,16-17H,7,10,15H2,1-3H3,(H,28,29)(H,25,26,27). The Bertz CT molecular complexity index is 914. The van der Waals surface area contributed by atoms with Crippen molar-refractivity contribution >= 4 is 17.5 Å². The Balaban J connectivity index is 1.48. The van der Waals surface area contributed by atoms with Gasteiger partial charge in [0.05, 0.1) is 5.56 Å². The van der Waals surface area contributed by atoms with Crippen LogP contribution in [0.5, 0.6) is 0 Å². The Kier molecular flexibility index (Phi) is 6.60. The van der Waals surface area contributed by atoms with Gasteiger partial charge in [-0.15, -0.1) is 0 Å². The van der Waals surface area contributed by atoms with E-state index in [9.17, 15) is 4.79 Å². The number of nitrogens with zero attached hydrogens (tertiary/aromatic N) is 2. The smallest absolute Gasteiger partial charge is 0.258 e. The molecule has 1 amide bonds. The van der Waals surface area contributed by atoms with Crippen molar-refractivity contribution in [2.45, 2.75) is 39.0 Å². The Hall–Kier alpha value is -3.21. The van der Waals surface area contributed by atoms with Gasteiger partial charge in [-0.2, -0.15) is 0 Å². The SMILES string of the molecule is CC(C)(C)c1ccc(NC(=O)c2cnc(NCCCc3ccccc3)nc2)cc1. The van der Waals surface area contributed by atoms with E-state index in [4.69, 9.17) is 0 Å². The highest BCUT2D eigenvalue weighted by molar-refractivity contribution is 6.03. The maximum absolute atomic E-state index is 12.4. The topological polar surface area (TPSA) is 66.9 Å². The van der Waals surface area contributed by atoms with Gasteiger partial charge in [-0.1, -0.05) is 63.2 Å². The first-order valence-electron chi connectivity index (χ1n) is 9.93. The highest BCUT2D eigenvalue weighted by Gasteiger charge is 2.13. The first-order valence-corrected chi connectivity index (χ1v) is 9.93. The highest BCUT2D eigenvalue weighted by atomic mass is 16.1. The summed E-state index contributed by atoms with van der Waals surface area (Å²) in [6.07, 6.45) is 5.08. The molecule has 0 aliphatic carbocycles. The summed E-state index contributed by atoms with van der Waals surface area (Å²) in [5.74, 6) is 0.313. The minimum absolute atomic E-state index is 0.0836. The van der Waals surface area contributed by atoms with Crippen LogP contribution in [0, 0.1) is 0 Å². The number of aryl methyl sites for hydroxylation is 1. The number of benzene rings is 2. The fourth-order valence-corrected chi connectivity index (χ4v) is 2.93. The van der Waals surface area contributed by atoms with Crippen LogP contribution in [-0.2, 0) is 11.8 Å². The second kappa shape index (κ2) is 9.32.